The van der Waals surface area contributed by atoms with Gasteiger partial charge in [0.25, 0.3) is 11.8 Å². The lowest BCUT2D eigenvalue weighted by Gasteiger charge is -2.20. The van der Waals surface area contributed by atoms with Crippen LogP contribution in [0.5, 0.6) is 11.5 Å². The second-order valence-electron chi connectivity index (χ2n) is 6.38. The number of hydrogen-bond donors (Lipinski definition) is 3. The molecule has 28 heavy (non-hydrogen) atoms. The van der Waals surface area contributed by atoms with Crippen LogP contribution in [0.25, 0.3) is 0 Å². The summed E-state index contributed by atoms with van der Waals surface area (Å²) in [4.78, 5) is 24.1. The highest BCUT2D eigenvalue weighted by atomic mass is 16.5. The molecule has 2 amide bonds. The van der Waals surface area contributed by atoms with E-state index in [0.717, 1.165) is 0 Å². The van der Waals surface area contributed by atoms with Crippen molar-refractivity contribution in [3.8, 4) is 11.5 Å². The number of para-hydroxylation sites is 1. The zero-order valence-electron chi connectivity index (χ0n) is 15.6. The number of carbonyl (C=O) groups excluding carboxylic acids is 2. The van der Waals surface area contributed by atoms with E-state index < -0.39 is 17.4 Å². The number of benzene rings is 2. The first-order valence-electron chi connectivity index (χ1n) is 8.64. The third-order valence-electron chi connectivity index (χ3n) is 4.31. The van der Waals surface area contributed by atoms with Gasteiger partial charge in [0.1, 0.15) is 11.5 Å². The second kappa shape index (κ2) is 8.10. The Morgan fingerprint density at radius 3 is 2.57 bits per heavy atom. The van der Waals surface area contributed by atoms with Crippen LogP contribution in [0.4, 0.5) is 5.69 Å². The molecule has 3 N–H and O–H groups in total. The van der Waals surface area contributed by atoms with Crippen molar-refractivity contribution < 1.29 is 24.2 Å². The highest BCUT2D eigenvalue weighted by Gasteiger charge is 2.45. The third-order valence-corrected chi connectivity index (χ3v) is 4.31. The van der Waals surface area contributed by atoms with Gasteiger partial charge in [-0.2, -0.15) is 5.10 Å². The third kappa shape index (κ3) is 4.12. The molecular formula is C20H21N3O5. The number of methoxy groups -OCH3 is 1. The molecule has 1 aliphatic heterocycles. The molecule has 0 saturated carbocycles. The maximum Gasteiger partial charge on any atom is 0.277 e. The van der Waals surface area contributed by atoms with E-state index in [4.69, 9.17) is 9.47 Å². The highest BCUT2D eigenvalue weighted by Crippen LogP contribution is 2.38. The normalized spacial score (nSPS) is 18.2. The smallest absolute Gasteiger partial charge is 0.277 e. The number of carbonyl (C=O) groups is 2. The van der Waals surface area contributed by atoms with Crippen molar-refractivity contribution in [1.29, 1.82) is 0 Å². The van der Waals surface area contributed by atoms with Crippen LogP contribution in [0, 0.1) is 0 Å². The molecular weight excluding hydrogens is 362 g/mol. The molecule has 146 valence electrons. The Morgan fingerprint density at radius 1 is 1.18 bits per heavy atom. The minimum absolute atomic E-state index is 0.0462. The Kier molecular flexibility index (Phi) is 5.60. The van der Waals surface area contributed by atoms with E-state index in [0.29, 0.717) is 28.5 Å². The van der Waals surface area contributed by atoms with E-state index in [1.165, 1.54) is 0 Å². The Hall–Kier alpha value is -3.39. The molecule has 2 aromatic rings. The fourth-order valence-corrected chi connectivity index (χ4v) is 2.90. The summed E-state index contributed by atoms with van der Waals surface area (Å²) in [6, 6.07) is 13.7. The first-order valence-corrected chi connectivity index (χ1v) is 8.64. The number of nitrogens with one attached hydrogen (secondary N) is 2. The fraction of sp³-hybridized carbons (Fsp3) is 0.250. The second-order valence-corrected chi connectivity index (χ2v) is 6.38. The monoisotopic (exact) mass is 383 g/mol. The molecule has 3 rings (SSSR count). The SMILES string of the molecule is COc1ccc(OCC(=O)NN=C(C)CC2(O)C(=O)Nc3ccccc32)cc1. The zero-order valence-corrected chi connectivity index (χ0v) is 15.6. The first-order chi connectivity index (χ1) is 13.4. The largest absolute Gasteiger partial charge is 0.497 e. The van der Waals surface area contributed by atoms with E-state index in [1.807, 2.05) is 0 Å². The molecule has 1 atom stereocenters. The lowest BCUT2D eigenvalue weighted by molar-refractivity contribution is -0.132. The van der Waals surface area contributed by atoms with Gasteiger partial charge >= 0.3 is 0 Å². The van der Waals surface area contributed by atoms with Crippen LogP contribution in [-0.2, 0) is 15.2 Å². The molecule has 0 aliphatic carbocycles. The van der Waals surface area contributed by atoms with E-state index in [1.54, 1.807) is 62.6 Å². The fourth-order valence-electron chi connectivity index (χ4n) is 2.90. The van der Waals surface area contributed by atoms with Crippen LogP contribution in [0.1, 0.15) is 18.9 Å². The summed E-state index contributed by atoms with van der Waals surface area (Å²) in [6.45, 7) is 1.40. The van der Waals surface area contributed by atoms with Gasteiger partial charge in [-0.3, -0.25) is 9.59 Å². The average molecular weight is 383 g/mol. The molecule has 0 radical (unpaired) electrons. The van der Waals surface area contributed by atoms with Crippen LogP contribution in [0.15, 0.2) is 53.6 Å². The molecule has 2 aromatic carbocycles. The molecule has 1 heterocycles. The Morgan fingerprint density at radius 2 is 1.86 bits per heavy atom. The number of fused-ring (bicyclic) bond motifs is 1. The minimum atomic E-state index is -1.71. The number of hydrogen-bond acceptors (Lipinski definition) is 6. The van der Waals surface area contributed by atoms with Crippen molar-refractivity contribution >= 4 is 23.2 Å². The van der Waals surface area contributed by atoms with Crippen molar-refractivity contribution in [3.05, 3.63) is 54.1 Å². The van der Waals surface area contributed by atoms with Gasteiger partial charge in [-0.15, -0.1) is 0 Å². The number of amides is 2. The number of hydrazone groups is 1. The quantitative estimate of drug-likeness (QED) is 0.499. The zero-order chi connectivity index (χ0) is 20.1. The molecule has 8 nitrogen and oxygen atoms in total. The molecule has 8 heteroatoms. The average Bonchev–Trinajstić information content (AvgIpc) is 2.95. The van der Waals surface area contributed by atoms with E-state index in [2.05, 4.69) is 15.8 Å². The van der Waals surface area contributed by atoms with Gasteiger partial charge < -0.3 is 19.9 Å². The number of anilines is 1. The van der Waals surface area contributed by atoms with Gasteiger partial charge in [-0.25, -0.2) is 5.43 Å². The summed E-state index contributed by atoms with van der Waals surface area (Å²) in [5.41, 5.74) is 2.10. The lowest BCUT2D eigenvalue weighted by Crippen LogP contribution is -2.36. The van der Waals surface area contributed by atoms with Gasteiger partial charge in [0.2, 0.25) is 0 Å². The van der Waals surface area contributed by atoms with Crippen molar-refractivity contribution in [2.24, 2.45) is 5.10 Å². The van der Waals surface area contributed by atoms with Crippen molar-refractivity contribution in [2.45, 2.75) is 18.9 Å². The summed E-state index contributed by atoms with van der Waals surface area (Å²) in [7, 11) is 1.56. The Bertz CT molecular complexity index is 910. The lowest BCUT2D eigenvalue weighted by atomic mass is 9.90. The molecule has 1 aliphatic rings. The van der Waals surface area contributed by atoms with Crippen LogP contribution >= 0.6 is 0 Å². The Labute approximate surface area is 162 Å². The molecule has 0 saturated heterocycles. The number of nitrogens with zero attached hydrogens (tertiary/aromatic N) is 1. The van der Waals surface area contributed by atoms with Crippen molar-refractivity contribution in [3.63, 3.8) is 0 Å². The molecule has 0 fully saturated rings. The predicted molar refractivity (Wildman–Crippen MR) is 103 cm³/mol. The summed E-state index contributed by atoms with van der Waals surface area (Å²) in [6.07, 6.45) is -0.0462. The van der Waals surface area contributed by atoms with E-state index in [9.17, 15) is 14.7 Å². The number of aliphatic hydroxyl groups is 1. The highest BCUT2D eigenvalue weighted by molar-refractivity contribution is 6.07. The van der Waals surface area contributed by atoms with E-state index >= 15 is 0 Å². The van der Waals surface area contributed by atoms with E-state index in [-0.39, 0.29) is 13.0 Å². The van der Waals surface area contributed by atoms with Crippen LogP contribution < -0.4 is 20.2 Å². The molecule has 0 bridgehead atoms. The summed E-state index contributed by atoms with van der Waals surface area (Å²) in [5.74, 6) is 0.230. The maximum atomic E-state index is 12.2. The Balaban J connectivity index is 1.55. The van der Waals surface area contributed by atoms with Crippen molar-refractivity contribution in [1.82, 2.24) is 5.43 Å². The maximum absolute atomic E-state index is 12.2. The first kappa shape index (κ1) is 19.4. The van der Waals surface area contributed by atoms with Crippen LogP contribution in [0.2, 0.25) is 0 Å². The van der Waals surface area contributed by atoms with Crippen molar-refractivity contribution in [2.75, 3.05) is 19.0 Å². The van der Waals surface area contributed by atoms with Gasteiger partial charge in [0.05, 0.1) is 7.11 Å². The van der Waals surface area contributed by atoms with Gasteiger partial charge in [0, 0.05) is 23.4 Å². The molecule has 0 spiro atoms. The van der Waals surface area contributed by atoms with Crippen LogP contribution in [0.3, 0.4) is 0 Å². The van der Waals surface area contributed by atoms with Gasteiger partial charge in [-0.05, 0) is 37.3 Å². The summed E-state index contributed by atoms with van der Waals surface area (Å²) in [5, 5.41) is 17.4. The van der Waals surface area contributed by atoms with Gasteiger partial charge in [0.15, 0.2) is 12.2 Å². The molecule has 1 unspecified atom stereocenters. The standard InChI is InChI=1S/C20H21N3O5/c1-13(11-20(26)16-5-3-4-6-17(16)21-19(20)25)22-23-18(24)12-28-15-9-7-14(27-2)8-10-15/h3-10,26H,11-12H2,1-2H3,(H,21,25)(H,23,24). The topological polar surface area (TPSA) is 109 Å². The predicted octanol–water partition coefficient (Wildman–Crippen LogP) is 1.80. The number of rotatable bonds is 7. The minimum Gasteiger partial charge on any atom is -0.497 e. The summed E-state index contributed by atoms with van der Waals surface area (Å²) >= 11 is 0. The molecule has 0 aromatic heterocycles. The van der Waals surface area contributed by atoms with Crippen LogP contribution in [-0.4, -0.2) is 36.3 Å². The summed E-state index contributed by atoms with van der Waals surface area (Å²) < 4.78 is 10.4. The van der Waals surface area contributed by atoms with Gasteiger partial charge in [-0.1, -0.05) is 18.2 Å². The number of ether oxygens (including phenoxy) is 2.